The molecule has 1 atom stereocenters. The maximum absolute atomic E-state index is 5.70. The Morgan fingerprint density at radius 2 is 1.90 bits per heavy atom. The van der Waals surface area contributed by atoms with E-state index in [1.165, 1.54) is 5.56 Å². The molecule has 1 rings (SSSR count). The van der Waals surface area contributed by atoms with Crippen LogP contribution in [0, 0.1) is 0 Å². The first-order valence-electron chi connectivity index (χ1n) is 7.34. The zero-order valence-electron chi connectivity index (χ0n) is 13.1. The molecular weight excluding hydrogens is 254 g/mol. The molecule has 1 N–H and O–H groups in total. The van der Waals surface area contributed by atoms with Crippen molar-refractivity contribution in [2.45, 2.75) is 33.2 Å². The first kappa shape index (κ1) is 16.8. The van der Waals surface area contributed by atoms with E-state index in [4.69, 9.17) is 14.2 Å². The maximum Gasteiger partial charge on any atom is 0.161 e. The van der Waals surface area contributed by atoms with Crippen LogP contribution in [-0.2, 0) is 4.74 Å². The molecule has 0 bridgehead atoms. The smallest absolute Gasteiger partial charge is 0.161 e. The second-order valence-electron chi connectivity index (χ2n) is 4.65. The average Bonchev–Trinajstić information content (AvgIpc) is 2.47. The highest BCUT2D eigenvalue weighted by molar-refractivity contribution is 5.43. The van der Waals surface area contributed by atoms with Gasteiger partial charge in [-0.05, 0) is 37.6 Å². The van der Waals surface area contributed by atoms with Crippen molar-refractivity contribution < 1.29 is 14.2 Å². The fourth-order valence-electron chi connectivity index (χ4n) is 1.95. The number of hydrogen-bond donors (Lipinski definition) is 1. The lowest BCUT2D eigenvalue weighted by atomic mass is 10.1. The Balaban J connectivity index is 2.58. The number of ether oxygens (including phenoxy) is 3. The van der Waals surface area contributed by atoms with E-state index in [0.29, 0.717) is 19.3 Å². The summed E-state index contributed by atoms with van der Waals surface area (Å²) in [4.78, 5) is 0. The SMILES string of the molecule is CCCOCCOc1ccc(C(C)NCC)cc1OC. The van der Waals surface area contributed by atoms with Gasteiger partial charge in [-0.25, -0.2) is 0 Å². The third kappa shape index (κ3) is 5.39. The molecule has 1 aromatic carbocycles. The van der Waals surface area contributed by atoms with Crippen molar-refractivity contribution in [3.63, 3.8) is 0 Å². The van der Waals surface area contributed by atoms with Gasteiger partial charge in [-0.15, -0.1) is 0 Å². The highest BCUT2D eigenvalue weighted by Gasteiger charge is 2.09. The number of methoxy groups -OCH3 is 1. The van der Waals surface area contributed by atoms with Crippen molar-refractivity contribution in [1.82, 2.24) is 5.32 Å². The van der Waals surface area contributed by atoms with E-state index >= 15 is 0 Å². The van der Waals surface area contributed by atoms with Crippen LogP contribution in [0.15, 0.2) is 18.2 Å². The van der Waals surface area contributed by atoms with Crippen molar-refractivity contribution in [3.8, 4) is 11.5 Å². The van der Waals surface area contributed by atoms with Crippen molar-refractivity contribution in [1.29, 1.82) is 0 Å². The first-order chi connectivity index (χ1) is 9.72. The van der Waals surface area contributed by atoms with E-state index in [9.17, 15) is 0 Å². The minimum absolute atomic E-state index is 0.302. The van der Waals surface area contributed by atoms with Crippen LogP contribution in [0.4, 0.5) is 0 Å². The molecule has 20 heavy (non-hydrogen) atoms. The van der Waals surface area contributed by atoms with Crippen molar-refractivity contribution in [2.24, 2.45) is 0 Å². The normalized spacial score (nSPS) is 12.2. The summed E-state index contributed by atoms with van der Waals surface area (Å²) in [5.41, 5.74) is 1.19. The zero-order chi connectivity index (χ0) is 14.8. The van der Waals surface area contributed by atoms with Crippen LogP contribution < -0.4 is 14.8 Å². The van der Waals surface area contributed by atoms with E-state index in [0.717, 1.165) is 31.1 Å². The molecule has 0 aliphatic carbocycles. The van der Waals surface area contributed by atoms with Gasteiger partial charge in [-0.3, -0.25) is 0 Å². The minimum atomic E-state index is 0.302. The maximum atomic E-state index is 5.70. The topological polar surface area (TPSA) is 39.7 Å². The van der Waals surface area contributed by atoms with Gasteiger partial charge in [-0.1, -0.05) is 19.9 Å². The Hall–Kier alpha value is -1.26. The number of benzene rings is 1. The average molecular weight is 281 g/mol. The van der Waals surface area contributed by atoms with Crippen molar-refractivity contribution in [3.05, 3.63) is 23.8 Å². The van der Waals surface area contributed by atoms with Gasteiger partial charge < -0.3 is 19.5 Å². The van der Waals surface area contributed by atoms with Crippen LogP contribution in [0.1, 0.15) is 38.8 Å². The van der Waals surface area contributed by atoms with Gasteiger partial charge in [0.25, 0.3) is 0 Å². The lowest BCUT2D eigenvalue weighted by Crippen LogP contribution is -2.17. The third-order valence-corrected chi connectivity index (χ3v) is 3.03. The van der Waals surface area contributed by atoms with Crippen LogP contribution in [0.3, 0.4) is 0 Å². The molecule has 4 heteroatoms. The lowest BCUT2D eigenvalue weighted by molar-refractivity contribution is 0.0995. The molecule has 0 saturated heterocycles. The summed E-state index contributed by atoms with van der Waals surface area (Å²) < 4.78 is 16.5. The zero-order valence-corrected chi connectivity index (χ0v) is 13.1. The third-order valence-electron chi connectivity index (χ3n) is 3.03. The van der Waals surface area contributed by atoms with Crippen molar-refractivity contribution in [2.75, 3.05) is 33.5 Å². The van der Waals surface area contributed by atoms with Gasteiger partial charge in [0.1, 0.15) is 6.61 Å². The van der Waals surface area contributed by atoms with Crippen LogP contribution >= 0.6 is 0 Å². The standard InChI is InChI=1S/C16H27NO3/c1-5-9-19-10-11-20-15-8-7-14(12-16(15)18-4)13(3)17-6-2/h7-8,12-13,17H,5-6,9-11H2,1-4H3. The summed E-state index contributed by atoms with van der Waals surface area (Å²) in [6, 6.07) is 6.35. The molecule has 0 aliphatic rings. The summed E-state index contributed by atoms with van der Waals surface area (Å²) in [6.07, 6.45) is 1.03. The molecular formula is C16H27NO3. The predicted molar refractivity (Wildman–Crippen MR) is 81.7 cm³/mol. The van der Waals surface area contributed by atoms with E-state index in [1.807, 2.05) is 12.1 Å². The van der Waals surface area contributed by atoms with Gasteiger partial charge in [0, 0.05) is 12.6 Å². The van der Waals surface area contributed by atoms with Crippen molar-refractivity contribution >= 4 is 0 Å². The Morgan fingerprint density at radius 3 is 2.55 bits per heavy atom. The van der Waals surface area contributed by atoms with E-state index in [1.54, 1.807) is 7.11 Å². The van der Waals surface area contributed by atoms with Gasteiger partial charge in [0.05, 0.1) is 13.7 Å². The summed E-state index contributed by atoms with van der Waals surface area (Å²) in [7, 11) is 1.66. The Kier molecular flexibility index (Phi) is 8.07. The molecule has 0 amide bonds. The van der Waals surface area contributed by atoms with Crippen LogP contribution in [-0.4, -0.2) is 33.5 Å². The fraction of sp³-hybridized carbons (Fsp3) is 0.625. The second kappa shape index (κ2) is 9.61. The molecule has 0 spiro atoms. The van der Waals surface area contributed by atoms with E-state index in [2.05, 4.69) is 32.2 Å². The largest absolute Gasteiger partial charge is 0.493 e. The van der Waals surface area contributed by atoms with E-state index < -0.39 is 0 Å². The Bertz CT molecular complexity index is 382. The van der Waals surface area contributed by atoms with Gasteiger partial charge in [0.2, 0.25) is 0 Å². The molecule has 0 saturated carbocycles. The monoisotopic (exact) mass is 281 g/mol. The lowest BCUT2D eigenvalue weighted by Gasteiger charge is -2.16. The minimum Gasteiger partial charge on any atom is -0.493 e. The molecule has 1 aromatic rings. The van der Waals surface area contributed by atoms with Crippen LogP contribution in [0.5, 0.6) is 11.5 Å². The Morgan fingerprint density at radius 1 is 1.10 bits per heavy atom. The van der Waals surface area contributed by atoms with Gasteiger partial charge in [0.15, 0.2) is 11.5 Å². The van der Waals surface area contributed by atoms with E-state index in [-0.39, 0.29) is 0 Å². The highest BCUT2D eigenvalue weighted by Crippen LogP contribution is 2.30. The number of hydrogen-bond acceptors (Lipinski definition) is 4. The predicted octanol–water partition coefficient (Wildman–Crippen LogP) is 3.17. The molecule has 114 valence electrons. The molecule has 0 fully saturated rings. The van der Waals surface area contributed by atoms with Crippen LogP contribution in [0.25, 0.3) is 0 Å². The van der Waals surface area contributed by atoms with Gasteiger partial charge in [-0.2, -0.15) is 0 Å². The first-order valence-corrected chi connectivity index (χ1v) is 7.34. The summed E-state index contributed by atoms with van der Waals surface area (Å²) >= 11 is 0. The van der Waals surface area contributed by atoms with Gasteiger partial charge >= 0.3 is 0 Å². The summed E-state index contributed by atoms with van der Waals surface area (Å²) in [5, 5.41) is 3.38. The fourth-order valence-corrected chi connectivity index (χ4v) is 1.95. The summed E-state index contributed by atoms with van der Waals surface area (Å²) in [5.74, 6) is 1.53. The molecule has 1 unspecified atom stereocenters. The number of rotatable bonds is 10. The second-order valence-corrected chi connectivity index (χ2v) is 4.65. The molecule has 0 radical (unpaired) electrons. The number of nitrogens with one attached hydrogen (secondary N) is 1. The molecule has 4 nitrogen and oxygen atoms in total. The Labute approximate surface area is 122 Å². The quantitative estimate of drug-likeness (QED) is 0.669. The molecule has 0 heterocycles. The molecule has 0 aromatic heterocycles. The van der Waals surface area contributed by atoms with Crippen LogP contribution in [0.2, 0.25) is 0 Å². The highest BCUT2D eigenvalue weighted by atomic mass is 16.5. The molecule has 0 aliphatic heterocycles. The summed E-state index contributed by atoms with van der Waals surface area (Å²) in [6.45, 7) is 9.19.